The topological polar surface area (TPSA) is 69.3 Å². The fourth-order valence-electron chi connectivity index (χ4n) is 2.60. The summed E-state index contributed by atoms with van der Waals surface area (Å²) < 4.78 is 3.04. The first-order valence-electron chi connectivity index (χ1n) is 7.05. The molecule has 114 valence electrons. The highest BCUT2D eigenvalue weighted by Crippen LogP contribution is 2.10. The zero-order valence-electron chi connectivity index (χ0n) is 12.3. The van der Waals surface area contributed by atoms with E-state index in [4.69, 9.17) is 0 Å². The summed E-state index contributed by atoms with van der Waals surface area (Å²) in [5.41, 5.74) is 0.958. The van der Waals surface area contributed by atoms with Crippen LogP contribution in [-0.4, -0.2) is 18.9 Å². The highest BCUT2D eigenvalue weighted by molar-refractivity contribution is 7.15. The van der Waals surface area contributed by atoms with Crippen molar-refractivity contribution in [2.75, 3.05) is 0 Å². The average molecular weight is 324 g/mol. The Labute approximate surface area is 134 Å². The second kappa shape index (κ2) is 5.13. The summed E-state index contributed by atoms with van der Waals surface area (Å²) in [4.78, 5) is 34.3. The van der Waals surface area contributed by atoms with E-state index in [0.717, 1.165) is 0 Å². The van der Waals surface area contributed by atoms with Gasteiger partial charge in [-0.15, -0.1) is 11.3 Å². The molecule has 0 atom stereocenters. The predicted molar refractivity (Wildman–Crippen MR) is 89.2 cm³/mol. The van der Waals surface area contributed by atoms with Gasteiger partial charge in [0.1, 0.15) is 5.82 Å². The maximum Gasteiger partial charge on any atom is 0.261 e. The van der Waals surface area contributed by atoms with Crippen LogP contribution in [0.15, 0.2) is 51.5 Å². The molecule has 3 heterocycles. The molecule has 4 aromatic rings. The molecule has 1 aromatic carbocycles. The van der Waals surface area contributed by atoms with Gasteiger partial charge in [-0.05, 0) is 19.1 Å². The number of aromatic nitrogens is 4. The number of fused-ring (bicyclic) bond motifs is 2. The largest absolute Gasteiger partial charge is 0.290 e. The number of rotatable bonds is 2. The van der Waals surface area contributed by atoms with Crippen molar-refractivity contribution in [3.05, 3.63) is 74.1 Å². The van der Waals surface area contributed by atoms with E-state index in [0.29, 0.717) is 27.4 Å². The number of hydrogen-bond donors (Lipinski definition) is 0. The van der Waals surface area contributed by atoms with Crippen LogP contribution in [0, 0.1) is 6.92 Å². The number of benzene rings is 1. The third kappa shape index (κ3) is 2.25. The highest BCUT2D eigenvalue weighted by atomic mass is 32.1. The minimum Gasteiger partial charge on any atom is -0.290 e. The lowest BCUT2D eigenvalue weighted by Gasteiger charge is -2.10. The van der Waals surface area contributed by atoms with Crippen LogP contribution < -0.4 is 11.1 Å². The molecule has 0 amide bonds. The summed E-state index contributed by atoms with van der Waals surface area (Å²) in [5.74, 6) is 0.599. The maximum atomic E-state index is 12.7. The molecule has 0 saturated heterocycles. The first kappa shape index (κ1) is 13.8. The van der Waals surface area contributed by atoms with Crippen molar-refractivity contribution in [2.45, 2.75) is 13.5 Å². The fraction of sp³-hybridized carbons (Fsp3) is 0.125. The number of hydrogen-bond acceptors (Lipinski definition) is 5. The fourth-order valence-corrected chi connectivity index (χ4v) is 3.33. The van der Waals surface area contributed by atoms with Gasteiger partial charge in [-0.3, -0.25) is 18.6 Å². The molecule has 0 spiro atoms. The minimum atomic E-state index is -0.147. The van der Waals surface area contributed by atoms with Gasteiger partial charge in [0.05, 0.1) is 23.1 Å². The number of thiazole rings is 1. The van der Waals surface area contributed by atoms with Crippen LogP contribution in [0.3, 0.4) is 0 Å². The lowest BCUT2D eigenvalue weighted by molar-refractivity contribution is 0.696. The van der Waals surface area contributed by atoms with Crippen molar-refractivity contribution in [1.82, 2.24) is 18.9 Å². The summed E-state index contributed by atoms with van der Waals surface area (Å²) in [5, 5.41) is 2.37. The Kier molecular flexibility index (Phi) is 3.09. The smallest absolute Gasteiger partial charge is 0.261 e. The van der Waals surface area contributed by atoms with Gasteiger partial charge in [-0.25, -0.2) is 9.97 Å². The maximum absolute atomic E-state index is 12.7. The Morgan fingerprint density at radius 1 is 1.17 bits per heavy atom. The van der Waals surface area contributed by atoms with Crippen LogP contribution in [0.25, 0.3) is 15.9 Å². The molecule has 0 fully saturated rings. The van der Waals surface area contributed by atoms with E-state index in [1.807, 2.05) is 23.6 Å². The van der Waals surface area contributed by atoms with Gasteiger partial charge in [0, 0.05) is 17.6 Å². The average Bonchev–Trinajstić information content (AvgIpc) is 3.00. The van der Waals surface area contributed by atoms with Crippen molar-refractivity contribution >= 4 is 27.2 Å². The SMILES string of the molecule is Cc1nc2ccccc2c(=O)n1Cc1cc(=O)n2ccsc2n1. The number of nitrogens with zero attached hydrogens (tertiary/aromatic N) is 4. The predicted octanol–water partition coefficient (Wildman–Crippen LogP) is 1.82. The Bertz CT molecular complexity index is 1160. The molecule has 4 rings (SSSR count). The zero-order chi connectivity index (χ0) is 16.0. The molecule has 6 nitrogen and oxygen atoms in total. The van der Waals surface area contributed by atoms with Crippen molar-refractivity contribution in [1.29, 1.82) is 0 Å². The Morgan fingerprint density at radius 2 is 2.00 bits per heavy atom. The minimum absolute atomic E-state index is 0.124. The summed E-state index contributed by atoms with van der Waals surface area (Å²) >= 11 is 1.39. The number of aryl methyl sites for hydroxylation is 1. The van der Waals surface area contributed by atoms with Crippen molar-refractivity contribution in [3.63, 3.8) is 0 Å². The van der Waals surface area contributed by atoms with Crippen LogP contribution in [-0.2, 0) is 6.54 Å². The van der Waals surface area contributed by atoms with Gasteiger partial charge in [0.2, 0.25) is 0 Å². The third-order valence-electron chi connectivity index (χ3n) is 3.73. The lowest BCUT2D eigenvalue weighted by atomic mass is 10.2. The van der Waals surface area contributed by atoms with Gasteiger partial charge in [0.15, 0.2) is 4.96 Å². The van der Waals surface area contributed by atoms with E-state index in [1.54, 1.807) is 23.8 Å². The van der Waals surface area contributed by atoms with Crippen LogP contribution in [0.5, 0.6) is 0 Å². The van der Waals surface area contributed by atoms with Crippen molar-refractivity contribution in [3.8, 4) is 0 Å². The van der Waals surface area contributed by atoms with Crippen LogP contribution >= 0.6 is 11.3 Å². The van der Waals surface area contributed by atoms with E-state index in [-0.39, 0.29) is 17.7 Å². The molecule has 0 aliphatic carbocycles. The van der Waals surface area contributed by atoms with Gasteiger partial charge < -0.3 is 0 Å². The van der Waals surface area contributed by atoms with Gasteiger partial charge in [-0.1, -0.05) is 12.1 Å². The Hall–Kier alpha value is -2.80. The van der Waals surface area contributed by atoms with E-state index >= 15 is 0 Å². The normalized spacial score (nSPS) is 11.3. The monoisotopic (exact) mass is 324 g/mol. The van der Waals surface area contributed by atoms with Crippen molar-refractivity contribution in [2.24, 2.45) is 0 Å². The molecule has 7 heteroatoms. The number of para-hydroxylation sites is 1. The van der Waals surface area contributed by atoms with Crippen LogP contribution in [0.4, 0.5) is 0 Å². The van der Waals surface area contributed by atoms with E-state index in [1.165, 1.54) is 21.8 Å². The molecule has 0 unspecified atom stereocenters. The first-order chi connectivity index (χ1) is 11.1. The van der Waals surface area contributed by atoms with E-state index in [2.05, 4.69) is 9.97 Å². The summed E-state index contributed by atoms with van der Waals surface area (Å²) in [7, 11) is 0. The van der Waals surface area contributed by atoms with Crippen LogP contribution in [0.1, 0.15) is 11.5 Å². The van der Waals surface area contributed by atoms with Gasteiger partial charge >= 0.3 is 0 Å². The Morgan fingerprint density at radius 3 is 2.87 bits per heavy atom. The van der Waals surface area contributed by atoms with Gasteiger partial charge in [0.25, 0.3) is 11.1 Å². The molecule has 0 radical (unpaired) electrons. The highest BCUT2D eigenvalue weighted by Gasteiger charge is 2.10. The van der Waals surface area contributed by atoms with E-state index in [9.17, 15) is 9.59 Å². The molecular weight excluding hydrogens is 312 g/mol. The molecule has 0 saturated carbocycles. The summed E-state index contributed by atoms with van der Waals surface area (Å²) in [6.45, 7) is 2.01. The summed E-state index contributed by atoms with van der Waals surface area (Å²) in [6, 6.07) is 8.70. The zero-order valence-corrected chi connectivity index (χ0v) is 13.1. The lowest BCUT2D eigenvalue weighted by Crippen LogP contribution is -2.26. The second-order valence-corrected chi connectivity index (χ2v) is 6.08. The standard InChI is InChI=1S/C16H12N4O2S/c1-10-17-13-5-3-2-4-12(13)15(22)20(10)9-11-8-14(21)19-6-7-23-16(19)18-11/h2-8H,9H2,1H3. The summed E-state index contributed by atoms with van der Waals surface area (Å²) in [6.07, 6.45) is 1.69. The molecular formula is C16H12N4O2S. The molecule has 3 aromatic heterocycles. The van der Waals surface area contributed by atoms with Crippen molar-refractivity contribution < 1.29 is 0 Å². The molecule has 0 bridgehead atoms. The quantitative estimate of drug-likeness (QED) is 0.564. The first-order valence-corrected chi connectivity index (χ1v) is 7.93. The second-order valence-electron chi connectivity index (χ2n) is 5.21. The Balaban J connectivity index is 1.89. The third-order valence-corrected chi connectivity index (χ3v) is 4.49. The molecule has 23 heavy (non-hydrogen) atoms. The van der Waals surface area contributed by atoms with Gasteiger partial charge in [-0.2, -0.15) is 0 Å². The molecule has 0 aliphatic rings. The molecule has 0 aliphatic heterocycles. The van der Waals surface area contributed by atoms with Crippen LogP contribution in [0.2, 0.25) is 0 Å². The molecule has 0 N–H and O–H groups in total. The van der Waals surface area contributed by atoms with E-state index < -0.39 is 0 Å².